The monoisotopic (exact) mass is 615 g/mol. The maximum Gasteiger partial charge on any atom is 0.338 e. The molecule has 0 fully saturated rings. The highest BCUT2D eigenvalue weighted by Gasteiger charge is 2.24. The topological polar surface area (TPSA) is 99.6 Å². The third kappa shape index (κ3) is 6.71. The van der Waals surface area contributed by atoms with Crippen molar-refractivity contribution < 1.29 is 23.8 Å². The van der Waals surface area contributed by atoms with Gasteiger partial charge in [-0.2, -0.15) is 0 Å². The van der Waals surface area contributed by atoms with Crippen molar-refractivity contribution in [1.29, 1.82) is 0 Å². The number of methoxy groups -OCH3 is 2. The van der Waals surface area contributed by atoms with E-state index in [-0.39, 0.29) is 12.0 Å². The molecule has 1 heterocycles. The molecule has 0 radical (unpaired) electrons. The quantitative estimate of drug-likeness (QED) is 0.168. The van der Waals surface area contributed by atoms with E-state index in [1.54, 1.807) is 51.5 Å². The van der Waals surface area contributed by atoms with Gasteiger partial charge in [0.1, 0.15) is 11.5 Å². The Hall–Kier alpha value is -4.66. The summed E-state index contributed by atoms with van der Waals surface area (Å²) in [5.41, 5.74) is 4.58. The molecule has 5 rings (SSSR count). The lowest BCUT2D eigenvalue weighted by molar-refractivity contribution is -0.124. The van der Waals surface area contributed by atoms with Crippen molar-refractivity contribution in [3.05, 3.63) is 101 Å². The number of nitrogens with one attached hydrogen (secondary N) is 1. The Morgan fingerprint density at radius 1 is 0.767 bits per heavy atom. The van der Waals surface area contributed by atoms with Crippen LogP contribution in [0, 0.1) is 0 Å². The molecule has 0 aliphatic carbocycles. The summed E-state index contributed by atoms with van der Waals surface area (Å²) in [4.78, 5) is 35.9. The highest BCUT2D eigenvalue weighted by atomic mass is 35.5. The SMILES string of the molecule is CCC(OC(=O)c1ccc2nc(-c3ccc(OC)cc3)c(-c3ccc(OC)cc3)nc2c1)C(=O)Nc1cc(Cl)ccc1Cl. The molecule has 10 heteroatoms. The van der Waals surface area contributed by atoms with Gasteiger partial charge in [-0.1, -0.05) is 30.1 Å². The van der Waals surface area contributed by atoms with Gasteiger partial charge in [-0.05, 0) is 91.3 Å². The average molecular weight is 617 g/mol. The van der Waals surface area contributed by atoms with E-state index >= 15 is 0 Å². The van der Waals surface area contributed by atoms with Gasteiger partial charge in [0.15, 0.2) is 6.10 Å². The number of aromatic nitrogens is 2. The fourth-order valence-electron chi connectivity index (χ4n) is 4.41. The Morgan fingerprint density at radius 2 is 1.35 bits per heavy atom. The normalized spacial score (nSPS) is 11.6. The Labute approximate surface area is 258 Å². The van der Waals surface area contributed by atoms with Crippen molar-refractivity contribution in [3.63, 3.8) is 0 Å². The number of carbonyl (C=O) groups is 2. The predicted molar refractivity (Wildman–Crippen MR) is 168 cm³/mol. The summed E-state index contributed by atoms with van der Waals surface area (Å²) in [5, 5.41) is 3.40. The summed E-state index contributed by atoms with van der Waals surface area (Å²) in [7, 11) is 3.22. The van der Waals surface area contributed by atoms with Crippen LogP contribution in [0.25, 0.3) is 33.5 Å². The molecule has 0 bridgehead atoms. The summed E-state index contributed by atoms with van der Waals surface area (Å²) < 4.78 is 16.2. The number of hydrogen-bond acceptors (Lipinski definition) is 7. The van der Waals surface area contributed by atoms with Crippen LogP contribution >= 0.6 is 23.2 Å². The van der Waals surface area contributed by atoms with E-state index in [4.69, 9.17) is 47.4 Å². The van der Waals surface area contributed by atoms with Gasteiger partial charge in [0.25, 0.3) is 5.91 Å². The molecule has 4 aromatic carbocycles. The lowest BCUT2D eigenvalue weighted by atomic mass is 10.0. The van der Waals surface area contributed by atoms with Crippen molar-refractivity contribution in [2.45, 2.75) is 19.4 Å². The Bertz CT molecular complexity index is 1790. The number of nitrogens with zero attached hydrogens (tertiary/aromatic N) is 2. The zero-order valence-corrected chi connectivity index (χ0v) is 25.1. The Kier molecular flexibility index (Phi) is 9.09. The fraction of sp³-hybridized carbons (Fsp3) is 0.152. The van der Waals surface area contributed by atoms with Gasteiger partial charge >= 0.3 is 5.97 Å². The minimum Gasteiger partial charge on any atom is -0.497 e. The first kappa shape index (κ1) is 29.8. The van der Waals surface area contributed by atoms with Crippen LogP contribution in [0.1, 0.15) is 23.7 Å². The van der Waals surface area contributed by atoms with Crippen LogP contribution in [0.5, 0.6) is 11.5 Å². The fourth-order valence-corrected chi connectivity index (χ4v) is 4.74. The molecule has 0 aliphatic heterocycles. The lowest BCUT2D eigenvalue weighted by Crippen LogP contribution is -2.32. The minimum atomic E-state index is -1.06. The molecule has 1 unspecified atom stereocenters. The summed E-state index contributed by atoms with van der Waals surface area (Å²) in [6.07, 6.45) is -0.813. The number of benzene rings is 4. The molecule has 1 aromatic heterocycles. The van der Waals surface area contributed by atoms with E-state index in [1.165, 1.54) is 6.07 Å². The molecule has 0 aliphatic rings. The van der Waals surface area contributed by atoms with Crippen LogP contribution in [0.2, 0.25) is 10.0 Å². The maximum absolute atomic E-state index is 13.2. The van der Waals surface area contributed by atoms with Crippen molar-refractivity contribution in [1.82, 2.24) is 9.97 Å². The van der Waals surface area contributed by atoms with E-state index in [9.17, 15) is 9.59 Å². The van der Waals surface area contributed by atoms with Crippen LogP contribution in [0.4, 0.5) is 5.69 Å². The molecule has 1 amide bonds. The Balaban J connectivity index is 1.47. The lowest BCUT2D eigenvalue weighted by Gasteiger charge is -2.17. The number of ether oxygens (including phenoxy) is 3. The molecule has 43 heavy (non-hydrogen) atoms. The molecular formula is C33H27Cl2N3O5. The molecule has 0 saturated heterocycles. The van der Waals surface area contributed by atoms with E-state index in [2.05, 4.69) is 5.32 Å². The molecule has 0 saturated carbocycles. The second-order valence-corrected chi connectivity index (χ2v) is 10.3. The van der Waals surface area contributed by atoms with Gasteiger partial charge in [-0.3, -0.25) is 4.79 Å². The van der Waals surface area contributed by atoms with Crippen LogP contribution < -0.4 is 14.8 Å². The smallest absolute Gasteiger partial charge is 0.338 e. The van der Waals surface area contributed by atoms with Gasteiger partial charge < -0.3 is 19.5 Å². The molecular weight excluding hydrogens is 589 g/mol. The summed E-state index contributed by atoms with van der Waals surface area (Å²) in [6, 6.07) is 24.7. The van der Waals surface area contributed by atoms with Crippen LogP contribution in [-0.2, 0) is 9.53 Å². The predicted octanol–water partition coefficient (Wildman–Crippen LogP) is 7.86. The zero-order valence-electron chi connectivity index (χ0n) is 23.6. The molecule has 8 nitrogen and oxygen atoms in total. The minimum absolute atomic E-state index is 0.228. The summed E-state index contributed by atoms with van der Waals surface area (Å²) in [5.74, 6) is 0.238. The van der Waals surface area contributed by atoms with Gasteiger partial charge in [-0.15, -0.1) is 0 Å². The van der Waals surface area contributed by atoms with Crippen LogP contribution in [0.15, 0.2) is 84.9 Å². The first-order valence-corrected chi connectivity index (χ1v) is 14.1. The van der Waals surface area contributed by atoms with Crippen molar-refractivity contribution in [2.75, 3.05) is 19.5 Å². The number of fused-ring (bicyclic) bond motifs is 1. The van der Waals surface area contributed by atoms with Gasteiger partial charge in [0.2, 0.25) is 0 Å². The number of amides is 1. The second kappa shape index (κ2) is 13.1. The third-order valence-electron chi connectivity index (χ3n) is 6.73. The standard InChI is InChI=1S/C33H27Cl2N3O5/c1-4-29(32(39)38-27-18-22(34)10-15-25(27)35)43-33(40)21-9-16-26-28(17-21)37-31(20-7-13-24(42-3)14-8-20)30(36-26)19-5-11-23(41-2)12-6-19/h5-18,29H,4H2,1-3H3,(H,38,39). The average Bonchev–Trinajstić information content (AvgIpc) is 3.04. The number of rotatable bonds is 9. The maximum atomic E-state index is 13.2. The van der Waals surface area contributed by atoms with Crippen molar-refractivity contribution in [2.24, 2.45) is 0 Å². The molecule has 1 atom stereocenters. The van der Waals surface area contributed by atoms with Crippen LogP contribution in [0.3, 0.4) is 0 Å². The number of hydrogen-bond donors (Lipinski definition) is 1. The molecule has 5 aromatic rings. The first-order chi connectivity index (χ1) is 20.8. The summed E-state index contributed by atoms with van der Waals surface area (Å²) in [6.45, 7) is 1.74. The van der Waals surface area contributed by atoms with Crippen molar-refractivity contribution in [3.8, 4) is 34.0 Å². The third-order valence-corrected chi connectivity index (χ3v) is 7.29. The van der Waals surface area contributed by atoms with Gasteiger partial charge in [0, 0.05) is 16.1 Å². The first-order valence-electron chi connectivity index (χ1n) is 13.4. The molecule has 0 spiro atoms. The van der Waals surface area contributed by atoms with Crippen molar-refractivity contribution >= 4 is 51.8 Å². The number of anilines is 1. The molecule has 1 N–H and O–H groups in total. The van der Waals surface area contributed by atoms with E-state index in [0.717, 1.165) is 16.9 Å². The zero-order chi connectivity index (χ0) is 30.5. The number of esters is 1. The molecule has 218 valence electrons. The highest BCUT2D eigenvalue weighted by molar-refractivity contribution is 6.35. The van der Waals surface area contributed by atoms with Gasteiger partial charge in [0.05, 0.1) is 52.9 Å². The van der Waals surface area contributed by atoms with E-state index in [1.807, 2.05) is 48.5 Å². The van der Waals surface area contributed by atoms with E-state index in [0.29, 0.717) is 43.9 Å². The second-order valence-electron chi connectivity index (χ2n) is 9.50. The number of carbonyl (C=O) groups excluding carboxylic acids is 2. The largest absolute Gasteiger partial charge is 0.497 e. The van der Waals surface area contributed by atoms with Gasteiger partial charge in [-0.25, -0.2) is 14.8 Å². The Morgan fingerprint density at radius 3 is 1.91 bits per heavy atom. The summed E-state index contributed by atoms with van der Waals surface area (Å²) >= 11 is 12.2. The van der Waals surface area contributed by atoms with E-state index < -0.39 is 18.0 Å². The highest BCUT2D eigenvalue weighted by Crippen LogP contribution is 2.33. The van der Waals surface area contributed by atoms with Crippen LogP contribution in [-0.4, -0.2) is 42.2 Å². The number of halogens is 2.